The summed E-state index contributed by atoms with van der Waals surface area (Å²) in [6.07, 6.45) is 5.29. The maximum Gasteiger partial charge on any atom is 0.326 e. The monoisotopic (exact) mass is 562 g/mol. The van der Waals surface area contributed by atoms with Gasteiger partial charge in [-0.15, -0.1) is 0 Å². The van der Waals surface area contributed by atoms with Crippen LogP contribution in [0.2, 0.25) is 0 Å². The lowest BCUT2D eigenvalue weighted by Gasteiger charge is -2.46. The molecule has 210 valence electrons. The SMILES string of the molecule is CCC(=O)N[C@H]1CC[C@@H](NC(=O)C2=C3NC(=O)N(c4cnc(Oc5ccccc5)cc4C)C4CCNC(S2)C34)C1. The zero-order valence-corrected chi connectivity index (χ0v) is 23.4. The van der Waals surface area contributed by atoms with Crippen molar-refractivity contribution in [1.29, 1.82) is 0 Å². The van der Waals surface area contributed by atoms with E-state index in [1.165, 1.54) is 11.8 Å². The second kappa shape index (κ2) is 11.1. The molecule has 5 atom stereocenters. The lowest BCUT2D eigenvalue weighted by atomic mass is 9.86. The average Bonchev–Trinajstić information content (AvgIpc) is 3.55. The quantitative estimate of drug-likeness (QED) is 0.407. The first-order chi connectivity index (χ1) is 19.4. The molecule has 10 nitrogen and oxygen atoms in total. The van der Waals surface area contributed by atoms with Crippen LogP contribution in [0.5, 0.6) is 11.6 Å². The Balaban J connectivity index is 1.19. The molecule has 1 aromatic heterocycles. The third-order valence-corrected chi connectivity index (χ3v) is 9.44. The number of rotatable bonds is 7. The number of carbonyl (C=O) groups excluding carboxylic acids is 3. The summed E-state index contributed by atoms with van der Waals surface area (Å²) in [6.45, 7) is 4.53. The minimum Gasteiger partial charge on any atom is -0.439 e. The first-order valence-electron chi connectivity index (χ1n) is 14.0. The van der Waals surface area contributed by atoms with E-state index < -0.39 is 0 Å². The fourth-order valence-electron chi connectivity index (χ4n) is 6.17. The lowest BCUT2D eigenvalue weighted by molar-refractivity contribution is -0.121. The number of piperidine rings is 1. The van der Waals surface area contributed by atoms with Crippen molar-refractivity contribution in [2.75, 3.05) is 11.4 Å². The molecular weight excluding hydrogens is 528 g/mol. The zero-order chi connectivity index (χ0) is 27.8. The van der Waals surface area contributed by atoms with Crippen molar-refractivity contribution in [3.05, 3.63) is 58.8 Å². The number of aryl methyl sites for hydroxylation is 1. The molecule has 4 heterocycles. The summed E-state index contributed by atoms with van der Waals surface area (Å²) in [5.41, 5.74) is 2.32. The molecule has 4 N–H and O–H groups in total. The second-order valence-corrected chi connectivity index (χ2v) is 11.9. The summed E-state index contributed by atoms with van der Waals surface area (Å²) >= 11 is 1.49. The number of nitrogens with one attached hydrogen (secondary N) is 4. The van der Waals surface area contributed by atoms with E-state index in [1.54, 1.807) is 11.1 Å². The number of ether oxygens (including phenoxy) is 1. The normalized spacial score (nSPS) is 27.2. The van der Waals surface area contributed by atoms with Crippen molar-refractivity contribution in [2.24, 2.45) is 5.92 Å². The van der Waals surface area contributed by atoms with Crippen LogP contribution < -0.4 is 30.9 Å². The van der Waals surface area contributed by atoms with Crippen LogP contribution in [0.15, 0.2) is 53.2 Å². The van der Waals surface area contributed by atoms with Gasteiger partial charge in [-0.05, 0) is 56.8 Å². The van der Waals surface area contributed by atoms with E-state index in [0.29, 0.717) is 28.7 Å². The van der Waals surface area contributed by atoms with Crippen LogP contribution in [-0.2, 0) is 9.59 Å². The van der Waals surface area contributed by atoms with Crippen LogP contribution in [0.4, 0.5) is 10.5 Å². The van der Waals surface area contributed by atoms with Crippen molar-refractivity contribution in [3.63, 3.8) is 0 Å². The highest BCUT2D eigenvalue weighted by Gasteiger charge is 2.52. The molecular formula is C29H34N6O4S. The number of pyridine rings is 1. The van der Waals surface area contributed by atoms with Gasteiger partial charge in [0.2, 0.25) is 11.8 Å². The molecule has 0 bridgehead atoms. The molecule has 1 saturated carbocycles. The number of amides is 4. The second-order valence-electron chi connectivity index (χ2n) is 10.7. The summed E-state index contributed by atoms with van der Waals surface area (Å²) in [6, 6.07) is 11.0. The fraction of sp³-hybridized carbons (Fsp3) is 0.448. The highest BCUT2D eigenvalue weighted by molar-refractivity contribution is 8.04. The maximum atomic E-state index is 13.6. The summed E-state index contributed by atoms with van der Waals surface area (Å²) in [5, 5.41) is 12.8. The molecule has 1 aliphatic carbocycles. The van der Waals surface area contributed by atoms with Gasteiger partial charge in [0, 0.05) is 36.2 Å². The Bertz CT molecular complexity index is 1350. The molecule has 3 aliphatic heterocycles. The van der Waals surface area contributed by atoms with Crippen LogP contribution in [0.25, 0.3) is 0 Å². The number of anilines is 1. The number of hydrogen-bond acceptors (Lipinski definition) is 7. The number of aromatic nitrogens is 1. The Hall–Kier alpha value is -3.57. The van der Waals surface area contributed by atoms with Crippen LogP contribution in [0.3, 0.4) is 0 Å². The molecule has 3 unspecified atom stereocenters. The lowest BCUT2D eigenvalue weighted by Crippen LogP contribution is -2.62. The number of para-hydroxylation sites is 1. The van der Waals surface area contributed by atoms with Crippen LogP contribution in [-0.4, -0.2) is 52.9 Å². The molecule has 1 aromatic carbocycles. The van der Waals surface area contributed by atoms with Crippen molar-refractivity contribution in [3.8, 4) is 11.6 Å². The van der Waals surface area contributed by atoms with Gasteiger partial charge in [-0.2, -0.15) is 0 Å². The predicted molar refractivity (Wildman–Crippen MR) is 153 cm³/mol. The summed E-state index contributed by atoms with van der Waals surface area (Å²) in [4.78, 5) is 45.7. The van der Waals surface area contributed by atoms with Gasteiger partial charge >= 0.3 is 6.03 Å². The largest absolute Gasteiger partial charge is 0.439 e. The molecule has 2 aromatic rings. The molecule has 6 rings (SSSR count). The summed E-state index contributed by atoms with van der Waals surface area (Å²) < 4.78 is 5.89. The third kappa shape index (κ3) is 5.15. The van der Waals surface area contributed by atoms with E-state index in [0.717, 1.165) is 43.5 Å². The number of nitrogens with zero attached hydrogens (tertiary/aromatic N) is 2. The molecule has 4 amide bonds. The van der Waals surface area contributed by atoms with E-state index in [9.17, 15) is 14.4 Å². The number of urea groups is 1. The summed E-state index contributed by atoms with van der Waals surface area (Å²) in [7, 11) is 0. The third-order valence-electron chi connectivity index (χ3n) is 8.08. The van der Waals surface area contributed by atoms with Gasteiger partial charge in [0.25, 0.3) is 5.91 Å². The highest BCUT2D eigenvalue weighted by Crippen LogP contribution is 2.48. The highest BCUT2D eigenvalue weighted by atomic mass is 32.2. The molecule has 0 spiro atoms. The minimum atomic E-state index is -0.255. The van der Waals surface area contributed by atoms with E-state index in [4.69, 9.17) is 4.74 Å². The van der Waals surface area contributed by atoms with Crippen LogP contribution in [0, 0.1) is 12.8 Å². The van der Waals surface area contributed by atoms with E-state index in [1.807, 2.05) is 50.2 Å². The minimum absolute atomic E-state index is 0.00382. The van der Waals surface area contributed by atoms with Crippen molar-refractivity contribution in [1.82, 2.24) is 26.3 Å². The zero-order valence-electron chi connectivity index (χ0n) is 22.6. The Labute approximate surface area is 237 Å². The van der Waals surface area contributed by atoms with E-state index in [-0.39, 0.29) is 47.3 Å². The van der Waals surface area contributed by atoms with Gasteiger partial charge in [0.05, 0.1) is 28.2 Å². The topological polar surface area (TPSA) is 125 Å². The Morgan fingerprint density at radius 1 is 1.15 bits per heavy atom. The Morgan fingerprint density at radius 2 is 1.93 bits per heavy atom. The molecule has 3 fully saturated rings. The first kappa shape index (κ1) is 26.6. The van der Waals surface area contributed by atoms with Gasteiger partial charge in [-0.1, -0.05) is 36.9 Å². The predicted octanol–water partition coefficient (Wildman–Crippen LogP) is 3.54. The fourth-order valence-corrected chi connectivity index (χ4v) is 7.57. The number of thioether (sulfide) groups is 1. The van der Waals surface area contributed by atoms with Gasteiger partial charge in [-0.25, -0.2) is 9.78 Å². The van der Waals surface area contributed by atoms with Crippen molar-refractivity contribution < 1.29 is 19.1 Å². The van der Waals surface area contributed by atoms with Crippen molar-refractivity contribution >= 4 is 35.3 Å². The van der Waals surface area contributed by atoms with E-state index in [2.05, 4.69) is 26.3 Å². The number of benzene rings is 1. The molecule has 40 heavy (non-hydrogen) atoms. The maximum absolute atomic E-state index is 13.6. The number of hydrogen-bond donors (Lipinski definition) is 4. The van der Waals surface area contributed by atoms with E-state index >= 15 is 0 Å². The molecule has 2 saturated heterocycles. The smallest absolute Gasteiger partial charge is 0.326 e. The number of carbonyl (C=O) groups is 3. The average molecular weight is 563 g/mol. The Kier molecular flexibility index (Phi) is 7.41. The van der Waals surface area contributed by atoms with Gasteiger partial charge < -0.3 is 26.0 Å². The molecule has 11 heteroatoms. The Morgan fingerprint density at radius 3 is 2.67 bits per heavy atom. The van der Waals surface area contributed by atoms with Gasteiger partial charge in [0.1, 0.15) is 5.75 Å². The summed E-state index contributed by atoms with van der Waals surface area (Å²) in [5.74, 6) is 0.995. The van der Waals surface area contributed by atoms with Gasteiger partial charge in [0.15, 0.2) is 0 Å². The standard InChI is InChI=1S/C29H34N6O4S/c1-3-22(36)32-17-9-10-18(14-17)33-27(37)26-25-24-20(11-12-30-28(24)40-26)35(29(38)34-25)21-15-31-23(13-16(21)2)39-19-7-5-4-6-8-19/h4-8,13,15,17-18,20,24,28,30H,3,9-12,14H2,1-2H3,(H,32,36)(H,33,37)(H,34,38)/t17-,18+,20?,24?,28?/m0/s1. The van der Waals surface area contributed by atoms with Crippen molar-refractivity contribution in [2.45, 2.75) is 69.5 Å². The van der Waals surface area contributed by atoms with Crippen LogP contribution >= 0.6 is 11.8 Å². The molecule has 4 aliphatic rings. The first-order valence-corrected chi connectivity index (χ1v) is 14.8. The molecule has 0 radical (unpaired) electrons. The van der Waals surface area contributed by atoms with Gasteiger partial charge in [-0.3, -0.25) is 14.5 Å². The van der Waals surface area contributed by atoms with Crippen LogP contribution in [0.1, 0.15) is 44.6 Å².